The highest BCUT2D eigenvalue weighted by Crippen LogP contribution is 2.31. The maximum atomic E-state index is 13.1. The number of aryl methyl sites for hydroxylation is 1. The minimum absolute atomic E-state index is 0.0297. The molecule has 0 fully saturated rings. The Labute approximate surface area is 209 Å². The van der Waals surface area contributed by atoms with Crippen molar-refractivity contribution < 1.29 is 14.6 Å². The van der Waals surface area contributed by atoms with Crippen LogP contribution in [0.25, 0.3) is 0 Å². The SMILES string of the molecule is Cc1cccc(Oc2ncccc2NC(=O)NC(CC(=N)c2cccnc2)c2ccccc2O)c1C. The number of rotatable bonds is 8. The molecule has 8 heteroatoms. The van der Waals surface area contributed by atoms with Crippen LogP contribution >= 0.6 is 0 Å². The van der Waals surface area contributed by atoms with E-state index in [4.69, 9.17) is 10.1 Å². The van der Waals surface area contributed by atoms with Gasteiger partial charge in [-0.15, -0.1) is 0 Å². The Morgan fingerprint density at radius 3 is 2.61 bits per heavy atom. The molecule has 182 valence electrons. The van der Waals surface area contributed by atoms with E-state index in [1.807, 2.05) is 32.0 Å². The molecule has 0 saturated carbocycles. The monoisotopic (exact) mass is 481 g/mol. The normalized spacial score (nSPS) is 11.4. The van der Waals surface area contributed by atoms with Crippen molar-refractivity contribution in [2.45, 2.75) is 26.3 Å². The minimum atomic E-state index is -0.668. The molecule has 2 aromatic carbocycles. The molecule has 1 atom stereocenters. The number of pyridine rings is 2. The number of amides is 2. The zero-order valence-electron chi connectivity index (χ0n) is 20.0. The Kier molecular flexibility index (Phi) is 7.55. The molecule has 2 amide bonds. The number of benzene rings is 2. The molecule has 0 spiro atoms. The van der Waals surface area contributed by atoms with Crippen molar-refractivity contribution in [3.8, 4) is 17.4 Å². The number of phenolic OH excluding ortho intramolecular Hbond substituents is 1. The highest BCUT2D eigenvalue weighted by Gasteiger charge is 2.21. The molecule has 1 unspecified atom stereocenters. The van der Waals surface area contributed by atoms with Gasteiger partial charge < -0.3 is 25.9 Å². The van der Waals surface area contributed by atoms with Crippen molar-refractivity contribution in [1.29, 1.82) is 5.41 Å². The maximum absolute atomic E-state index is 13.1. The van der Waals surface area contributed by atoms with Gasteiger partial charge >= 0.3 is 6.03 Å². The summed E-state index contributed by atoms with van der Waals surface area (Å²) in [6.45, 7) is 3.96. The first-order chi connectivity index (χ1) is 17.4. The Balaban J connectivity index is 1.54. The number of anilines is 1. The highest BCUT2D eigenvalue weighted by molar-refractivity contribution is 5.99. The third-order valence-electron chi connectivity index (χ3n) is 5.82. The first-order valence-electron chi connectivity index (χ1n) is 11.4. The molecule has 0 bridgehead atoms. The number of hydrogen-bond donors (Lipinski definition) is 4. The molecule has 0 aliphatic carbocycles. The van der Waals surface area contributed by atoms with Gasteiger partial charge in [0, 0.05) is 41.8 Å². The largest absolute Gasteiger partial charge is 0.508 e. The summed E-state index contributed by atoms with van der Waals surface area (Å²) in [7, 11) is 0. The topological polar surface area (TPSA) is 120 Å². The molecule has 4 N–H and O–H groups in total. The second-order valence-electron chi connectivity index (χ2n) is 8.29. The lowest BCUT2D eigenvalue weighted by atomic mass is 9.97. The molecular formula is C28H27N5O3. The van der Waals surface area contributed by atoms with E-state index in [9.17, 15) is 9.90 Å². The fourth-order valence-corrected chi connectivity index (χ4v) is 3.71. The van der Waals surface area contributed by atoms with E-state index in [0.717, 1.165) is 11.1 Å². The van der Waals surface area contributed by atoms with Crippen molar-refractivity contribution in [2.24, 2.45) is 0 Å². The van der Waals surface area contributed by atoms with Gasteiger partial charge in [0.15, 0.2) is 0 Å². The number of carbonyl (C=O) groups is 1. The van der Waals surface area contributed by atoms with E-state index in [1.165, 1.54) is 0 Å². The van der Waals surface area contributed by atoms with Crippen molar-refractivity contribution >= 4 is 17.4 Å². The van der Waals surface area contributed by atoms with Gasteiger partial charge in [-0.25, -0.2) is 9.78 Å². The summed E-state index contributed by atoms with van der Waals surface area (Å²) in [5.74, 6) is 0.930. The van der Waals surface area contributed by atoms with E-state index in [1.54, 1.807) is 67.1 Å². The van der Waals surface area contributed by atoms with Crippen molar-refractivity contribution in [3.05, 3.63) is 108 Å². The fourth-order valence-electron chi connectivity index (χ4n) is 3.71. The zero-order chi connectivity index (χ0) is 25.5. The first kappa shape index (κ1) is 24.4. The summed E-state index contributed by atoms with van der Waals surface area (Å²) in [5.41, 5.74) is 3.85. The lowest BCUT2D eigenvalue weighted by molar-refractivity contribution is 0.248. The van der Waals surface area contributed by atoms with Crippen LogP contribution in [0, 0.1) is 19.3 Å². The van der Waals surface area contributed by atoms with Crippen LogP contribution in [0.2, 0.25) is 0 Å². The molecule has 2 heterocycles. The number of carbonyl (C=O) groups excluding carboxylic acids is 1. The summed E-state index contributed by atoms with van der Waals surface area (Å²) in [5, 5.41) is 24.6. The number of ether oxygens (including phenoxy) is 1. The molecule has 4 rings (SSSR count). The van der Waals surface area contributed by atoms with Gasteiger partial charge in [-0.3, -0.25) is 4.98 Å². The van der Waals surface area contributed by atoms with Crippen LogP contribution in [0.5, 0.6) is 17.4 Å². The van der Waals surface area contributed by atoms with Crippen LogP contribution in [-0.4, -0.2) is 26.8 Å². The number of nitrogens with one attached hydrogen (secondary N) is 3. The fraction of sp³-hybridized carbons (Fsp3) is 0.143. The zero-order valence-corrected chi connectivity index (χ0v) is 20.0. The van der Waals surface area contributed by atoms with Gasteiger partial charge in [-0.1, -0.05) is 36.4 Å². The van der Waals surface area contributed by atoms with Crippen molar-refractivity contribution in [3.63, 3.8) is 0 Å². The van der Waals surface area contributed by atoms with Gasteiger partial charge in [0.1, 0.15) is 17.2 Å². The maximum Gasteiger partial charge on any atom is 0.319 e. The predicted octanol–water partition coefficient (Wildman–Crippen LogP) is 5.91. The van der Waals surface area contributed by atoms with E-state index in [0.29, 0.717) is 22.6 Å². The summed E-state index contributed by atoms with van der Waals surface area (Å²) in [6, 6.07) is 18.2. The summed E-state index contributed by atoms with van der Waals surface area (Å²) in [4.78, 5) is 21.4. The van der Waals surface area contributed by atoms with Crippen LogP contribution in [0.1, 0.15) is 34.7 Å². The molecule has 0 radical (unpaired) electrons. The Morgan fingerprint density at radius 2 is 1.83 bits per heavy atom. The van der Waals surface area contributed by atoms with Crippen molar-refractivity contribution in [1.82, 2.24) is 15.3 Å². The van der Waals surface area contributed by atoms with Crippen LogP contribution in [0.4, 0.5) is 10.5 Å². The van der Waals surface area contributed by atoms with Gasteiger partial charge in [0.2, 0.25) is 5.88 Å². The second kappa shape index (κ2) is 11.1. The second-order valence-corrected chi connectivity index (χ2v) is 8.29. The van der Waals surface area contributed by atoms with Crippen LogP contribution < -0.4 is 15.4 Å². The number of para-hydroxylation sites is 1. The van der Waals surface area contributed by atoms with Crippen LogP contribution in [-0.2, 0) is 0 Å². The number of phenols is 1. The van der Waals surface area contributed by atoms with E-state index in [-0.39, 0.29) is 23.8 Å². The van der Waals surface area contributed by atoms with Crippen molar-refractivity contribution in [2.75, 3.05) is 5.32 Å². The molecule has 0 aliphatic heterocycles. The first-order valence-corrected chi connectivity index (χ1v) is 11.4. The molecular weight excluding hydrogens is 454 g/mol. The van der Waals surface area contributed by atoms with E-state index >= 15 is 0 Å². The van der Waals surface area contributed by atoms with Crippen LogP contribution in [0.3, 0.4) is 0 Å². The van der Waals surface area contributed by atoms with E-state index in [2.05, 4.69) is 20.6 Å². The van der Waals surface area contributed by atoms with Gasteiger partial charge in [0.05, 0.1) is 6.04 Å². The number of nitrogens with zero attached hydrogens (tertiary/aromatic N) is 2. The van der Waals surface area contributed by atoms with Crippen LogP contribution in [0.15, 0.2) is 85.3 Å². The third kappa shape index (κ3) is 5.85. The average molecular weight is 482 g/mol. The predicted molar refractivity (Wildman–Crippen MR) is 139 cm³/mol. The molecule has 4 aromatic rings. The Bertz CT molecular complexity index is 1370. The quantitative estimate of drug-likeness (QED) is 0.233. The smallest absolute Gasteiger partial charge is 0.319 e. The number of aromatic nitrogens is 2. The number of aromatic hydroxyl groups is 1. The van der Waals surface area contributed by atoms with Gasteiger partial charge in [0.25, 0.3) is 0 Å². The Morgan fingerprint density at radius 1 is 1.03 bits per heavy atom. The molecule has 8 nitrogen and oxygen atoms in total. The highest BCUT2D eigenvalue weighted by atomic mass is 16.5. The van der Waals surface area contributed by atoms with Gasteiger partial charge in [-0.2, -0.15) is 0 Å². The molecule has 0 saturated heterocycles. The summed E-state index contributed by atoms with van der Waals surface area (Å²) >= 11 is 0. The summed E-state index contributed by atoms with van der Waals surface area (Å²) in [6.07, 6.45) is 4.96. The number of hydrogen-bond acceptors (Lipinski definition) is 6. The Hall–Kier alpha value is -4.72. The minimum Gasteiger partial charge on any atom is -0.508 e. The molecule has 2 aromatic heterocycles. The van der Waals surface area contributed by atoms with E-state index < -0.39 is 12.1 Å². The lowest BCUT2D eigenvalue weighted by Crippen LogP contribution is -2.34. The average Bonchev–Trinajstić information content (AvgIpc) is 2.88. The standard InChI is InChI=1S/C28H27N5O3/c1-18-8-5-13-26(19(18)2)36-27-23(11-7-15-31-27)32-28(35)33-24(21-10-3-4-12-25(21)34)16-22(29)20-9-6-14-30-17-20/h3-15,17,24,29,34H,16H2,1-2H3,(H2,32,33,35). The molecule has 36 heavy (non-hydrogen) atoms. The summed E-state index contributed by atoms with van der Waals surface area (Å²) < 4.78 is 6.02. The number of urea groups is 1. The molecule has 0 aliphatic rings. The lowest BCUT2D eigenvalue weighted by Gasteiger charge is -2.21. The third-order valence-corrected chi connectivity index (χ3v) is 5.82. The van der Waals surface area contributed by atoms with Gasteiger partial charge in [-0.05, 0) is 55.3 Å².